The summed E-state index contributed by atoms with van der Waals surface area (Å²) in [6.45, 7) is 1.12. The molecule has 1 N–H and O–H groups in total. The molecule has 0 atom stereocenters. The minimum absolute atomic E-state index is 0.0720. The van der Waals surface area contributed by atoms with Crippen LogP contribution >= 0.6 is 0 Å². The lowest BCUT2D eigenvalue weighted by molar-refractivity contribution is -0.130. The van der Waals surface area contributed by atoms with Gasteiger partial charge in [-0.25, -0.2) is 9.99 Å². The molecule has 0 radical (unpaired) electrons. The summed E-state index contributed by atoms with van der Waals surface area (Å²) in [5, 5.41) is 8.15. The Morgan fingerprint density at radius 1 is 1.25 bits per heavy atom. The minimum atomic E-state index is -0.230. The number of rotatable bonds is 5. The van der Waals surface area contributed by atoms with Gasteiger partial charge in [0.15, 0.2) is 0 Å². The molecule has 0 spiro atoms. The maximum atomic E-state index is 12.3. The van der Waals surface area contributed by atoms with Gasteiger partial charge in [-0.2, -0.15) is 5.10 Å². The molecule has 1 aliphatic rings. The molecule has 124 valence electrons. The molecule has 7 heteroatoms. The first-order valence-electron chi connectivity index (χ1n) is 7.78. The maximum absolute atomic E-state index is 12.3. The predicted molar refractivity (Wildman–Crippen MR) is 89.1 cm³/mol. The van der Waals surface area contributed by atoms with Crippen LogP contribution in [0.4, 0.5) is 0 Å². The third kappa shape index (κ3) is 3.68. The van der Waals surface area contributed by atoms with E-state index in [1.165, 1.54) is 5.01 Å². The maximum Gasteiger partial charge on any atom is 0.267 e. The molecule has 0 saturated heterocycles. The van der Waals surface area contributed by atoms with Crippen LogP contribution < -0.4 is 5.32 Å². The lowest BCUT2D eigenvalue weighted by Crippen LogP contribution is -2.37. The van der Waals surface area contributed by atoms with Gasteiger partial charge < -0.3 is 9.88 Å². The largest absolute Gasteiger partial charge is 0.347 e. The predicted octanol–water partition coefficient (Wildman–Crippen LogP) is 1.16. The van der Waals surface area contributed by atoms with E-state index < -0.39 is 0 Å². The standard InChI is InChI=1S/C17H19N5O2/c1-21-16(23)7-6-15(20-21)17(24)19-10-13-4-2-3-5-14(13)11-22-9-8-18-12-22/h2-5,8-9,12H,6-7,10-11H2,1H3,(H,19,24). The van der Waals surface area contributed by atoms with Gasteiger partial charge in [-0.15, -0.1) is 0 Å². The van der Waals surface area contributed by atoms with Crippen LogP contribution in [0.1, 0.15) is 24.0 Å². The van der Waals surface area contributed by atoms with E-state index in [0.29, 0.717) is 31.6 Å². The summed E-state index contributed by atoms with van der Waals surface area (Å²) in [7, 11) is 1.56. The lowest BCUT2D eigenvalue weighted by Gasteiger charge is -2.19. The van der Waals surface area contributed by atoms with Crippen molar-refractivity contribution in [2.24, 2.45) is 5.10 Å². The summed E-state index contributed by atoms with van der Waals surface area (Å²) >= 11 is 0. The molecule has 3 rings (SSSR count). The molecule has 7 nitrogen and oxygen atoms in total. The van der Waals surface area contributed by atoms with Crippen molar-refractivity contribution in [3.05, 3.63) is 54.1 Å². The Kier molecular flexibility index (Phi) is 4.69. The van der Waals surface area contributed by atoms with E-state index in [2.05, 4.69) is 15.4 Å². The molecular weight excluding hydrogens is 306 g/mol. The molecule has 1 aliphatic heterocycles. The summed E-state index contributed by atoms with van der Waals surface area (Å²) in [4.78, 5) is 27.7. The number of nitrogens with zero attached hydrogens (tertiary/aromatic N) is 4. The van der Waals surface area contributed by atoms with Crippen LogP contribution in [0, 0.1) is 0 Å². The van der Waals surface area contributed by atoms with Crippen LogP contribution in [0.25, 0.3) is 0 Å². The first-order chi connectivity index (χ1) is 11.6. The number of amides is 2. The number of imidazole rings is 1. The summed E-state index contributed by atoms with van der Waals surface area (Å²) in [5.41, 5.74) is 2.55. The van der Waals surface area contributed by atoms with Crippen LogP contribution in [0.5, 0.6) is 0 Å². The highest BCUT2D eigenvalue weighted by Crippen LogP contribution is 2.11. The molecule has 0 bridgehead atoms. The Labute approximate surface area is 140 Å². The van der Waals surface area contributed by atoms with Crippen molar-refractivity contribution in [3.8, 4) is 0 Å². The first-order valence-corrected chi connectivity index (χ1v) is 7.78. The fourth-order valence-electron chi connectivity index (χ4n) is 2.57. The molecule has 0 aliphatic carbocycles. The van der Waals surface area contributed by atoms with Crippen LogP contribution in [-0.4, -0.2) is 39.1 Å². The zero-order chi connectivity index (χ0) is 16.9. The molecule has 0 fully saturated rings. The summed E-state index contributed by atoms with van der Waals surface area (Å²) in [6, 6.07) is 7.95. The smallest absolute Gasteiger partial charge is 0.267 e. The van der Waals surface area contributed by atoms with Crippen molar-refractivity contribution in [3.63, 3.8) is 0 Å². The van der Waals surface area contributed by atoms with E-state index in [1.807, 2.05) is 35.0 Å². The van der Waals surface area contributed by atoms with Gasteiger partial charge in [0.05, 0.1) is 6.33 Å². The molecule has 2 heterocycles. The number of aromatic nitrogens is 2. The van der Waals surface area contributed by atoms with Gasteiger partial charge in [-0.05, 0) is 11.1 Å². The average molecular weight is 325 g/mol. The second-order valence-corrected chi connectivity index (χ2v) is 5.65. The number of nitrogens with one attached hydrogen (secondary N) is 1. The fourth-order valence-corrected chi connectivity index (χ4v) is 2.57. The van der Waals surface area contributed by atoms with E-state index in [0.717, 1.165) is 11.1 Å². The number of carbonyl (C=O) groups excluding carboxylic acids is 2. The van der Waals surface area contributed by atoms with E-state index in [4.69, 9.17) is 0 Å². The second kappa shape index (κ2) is 7.08. The van der Waals surface area contributed by atoms with Crippen molar-refractivity contribution >= 4 is 17.5 Å². The number of hydrogen-bond donors (Lipinski definition) is 1. The highest BCUT2D eigenvalue weighted by atomic mass is 16.2. The Balaban J connectivity index is 1.65. The van der Waals surface area contributed by atoms with E-state index in [-0.39, 0.29) is 11.8 Å². The number of carbonyl (C=O) groups is 2. The van der Waals surface area contributed by atoms with Crippen molar-refractivity contribution in [1.29, 1.82) is 0 Å². The molecular formula is C17H19N5O2. The van der Waals surface area contributed by atoms with Gasteiger partial charge in [0, 0.05) is 45.4 Å². The van der Waals surface area contributed by atoms with E-state index in [9.17, 15) is 9.59 Å². The van der Waals surface area contributed by atoms with Gasteiger partial charge >= 0.3 is 0 Å². The summed E-state index contributed by atoms with van der Waals surface area (Å²) in [5.74, 6) is -0.302. The normalized spacial score (nSPS) is 14.5. The molecule has 2 aromatic rings. The average Bonchev–Trinajstić information content (AvgIpc) is 3.09. The topological polar surface area (TPSA) is 79.6 Å². The zero-order valence-electron chi connectivity index (χ0n) is 13.5. The number of hydrazone groups is 1. The SMILES string of the molecule is CN1N=C(C(=O)NCc2ccccc2Cn2ccnc2)CCC1=O. The molecule has 0 unspecified atom stereocenters. The van der Waals surface area contributed by atoms with E-state index in [1.54, 1.807) is 19.6 Å². The molecule has 24 heavy (non-hydrogen) atoms. The number of benzene rings is 1. The lowest BCUT2D eigenvalue weighted by atomic mass is 10.1. The van der Waals surface area contributed by atoms with Crippen molar-refractivity contribution < 1.29 is 9.59 Å². The Bertz CT molecular complexity index is 767. The van der Waals surface area contributed by atoms with Gasteiger partial charge in [0.1, 0.15) is 5.71 Å². The van der Waals surface area contributed by atoms with Crippen LogP contribution in [-0.2, 0) is 22.7 Å². The van der Waals surface area contributed by atoms with Gasteiger partial charge in [0.25, 0.3) is 5.91 Å². The van der Waals surface area contributed by atoms with Crippen LogP contribution in [0.15, 0.2) is 48.1 Å². The van der Waals surface area contributed by atoms with Crippen molar-refractivity contribution in [2.45, 2.75) is 25.9 Å². The van der Waals surface area contributed by atoms with Crippen LogP contribution in [0.2, 0.25) is 0 Å². The highest BCUT2D eigenvalue weighted by molar-refractivity contribution is 6.39. The molecule has 0 saturated carbocycles. The van der Waals surface area contributed by atoms with Crippen molar-refractivity contribution in [1.82, 2.24) is 19.9 Å². The van der Waals surface area contributed by atoms with E-state index >= 15 is 0 Å². The van der Waals surface area contributed by atoms with Crippen LogP contribution in [0.3, 0.4) is 0 Å². The second-order valence-electron chi connectivity index (χ2n) is 5.65. The first kappa shape index (κ1) is 15.9. The third-order valence-electron chi connectivity index (χ3n) is 3.94. The summed E-state index contributed by atoms with van der Waals surface area (Å²) in [6.07, 6.45) is 6.10. The highest BCUT2D eigenvalue weighted by Gasteiger charge is 2.21. The monoisotopic (exact) mass is 325 g/mol. The Morgan fingerprint density at radius 2 is 2.04 bits per heavy atom. The molecule has 2 amide bonds. The Morgan fingerprint density at radius 3 is 2.75 bits per heavy atom. The van der Waals surface area contributed by atoms with Gasteiger partial charge in [-0.3, -0.25) is 9.59 Å². The van der Waals surface area contributed by atoms with Crippen molar-refractivity contribution in [2.75, 3.05) is 7.05 Å². The quantitative estimate of drug-likeness (QED) is 0.896. The molecule has 1 aromatic carbocycles. The third-order valence-corrected chi connectivity index (χ3v) is 3.94. The fraction of sp³-hybridized carbons (Fsp3) is 0.294. The Hall–Kier alpha value is -2.96. The zero-order valence-corrected chi connectivity index (χ0v) is 13.5. The number of hydrogen-bond acceptors (Lipinski definition) is 4. The van der Waals surface area contributed by atoms with Gasteiger partial charge in [-0.1, -0.05) is 24.3 Å². The minimum Gasteiger partial charge on any atom is -0.347 e. The summed E-state index contributed by atoms with van der Waals surface area (Å²) < 4.78 is 1.98. The van der Waals surface area contributed by atoms with Gasteiger partial charge in [0.2, 0.25) is 5.91 Å². The molecule has 1 aromatic heterocycles.